The highest BCUT2D eigenvalue weighted by Crippen LogP contribution is 2.29. The topological polar surface area (TPSA) is 54.2 Å². The second-order valence-electron chi connectivity index (χ2n) is 6.54. The van der Waals surface area contributed by atoms with Gasteiger partial charge in [0.25, 0.3) is 0 Å². The fourth-order valence-corrected chi connectivity index (χ4v) is 3.38. The highest BCUT2D eigenvalue weighted by molar-refractivity contribution is 5.10. The van der Waals surface area contributed by atoms with Crippen LogP contribution < -0.4 is 0 Å². The van der Waals surface area contributed by atoms with E-state index < -0.39 is 6.10 Å². The number of aromatic nitrogens is 3. The molecule has 0 spiro atoms. The number of nitrogens with zero attached hydrogens (tertiary/aromatic N) is 4. The van der Waals surface area contributed by atoms with Crippen molar-refractivity contribution < 1.29 is 5.11 Å². The zero-order valence-electron chi connectivity index (χ0n) is 14.0. The summed E-state index contributed by atoms with van der Waals surface area (Å²) in [4.78, 5) is 11.3. The first-order chi connectivity index (χ1) is 11.1. The lowest BCUT2D eigenvalue weighted by atomic mass is 9.90. The van der Waals surface area contributed by atoms with Gasteiger partial charge in [-0.2, -0.15) is 0 Å². The molecule has 1 aliphatic rings. The second-order valence-corrected chi connectivity index (χ2v) is 6.54. The van der Waals surface area contributed by atoms with Crippen LogP contribution in [0.5, 0.6) is 0 Å². The Balaban J connectivity index is 1.48. The molecule has 0 aliphatic carbocycles. The number of likely N-dealkylation sites (tertiary alicyclic amines) is 1. The molecule has 0 amide bonds. The molecule has 1 saturated heterocycles. The Labute approximate surface area is 138 Å². The summed E-state index contributed by atoms with van der Waals surface area (Å²) < 4.78 is 1.92. The first kappa shape index (κ1) is 16.1. The molecule has 5 heteroatoms. The highest BCUT2D eigenvalue weighted by atomic mass is 16.3. The Morgan fingerprint density at radius 2 is 2.09 bits per heavy atom. The van der Waals surface area contributed by atoms with Crippen molar-refractivity contribution in [1.82, 2.24) is 19.4 Å². The predicted octanol–water partition coefficient (Wildman–Crippen LogP) is 2.11. The third-order valence-electron chi connectivity index (χ3n) is 4.83. The van der Waals surface area contributed by atoms with Gasteiger partial charge in [0.2, 0.25) is 0 Å². The van der Waals surface area contributed by atoms with Crippen molar-refractivity contribution in [2.45, 2.75) is 32.3 Å². The van der Waals surface area contributed by atoms with Gasteiger partial charge in [-0.05, 0) is 50.9 Å². The molecule has 124 valence electrons. The second kappa shape index (κ2) is 7.23. The Morgan fingerprint density at radius 1 is 1.30 bits per heavy atom. The van der Waals surface area contributed by atoms with Crippen molar-refractivity contribution in [3.8, 4) is 0 Å². The number of piperidine rings is 1. The maximum atomic E-state index is 10.5. The van der Waals surface area contributed by atoms with Crippen LogP contribution in [0.1, 0.15) is 36.2 Å². The third kappa shape index (κ3) is 3.98. The van der Waals surface area contributed by atoms with Crippen molar-refractivity contribution in [2.24, 2.45) is 13.0 Å². The van der Waals surface area contributed by atoms with Crippen LogP contribution >= 0.6 is 0 Å². The van der Waals surface area contributed by atoms with Crippen LogP contribution in [-0.4, -0.2) is 44.2 Å². The van der Waals surface area contributed by atoms with Gasteiger partial charge in [-0.25, -0.2) is 4.98 Å². The Morgan fingerprint density at radius 3 is 2.74 bits per heavy atom. The summed E-state index contributed by atoms with van der Waals surface area (Å²) in [7, 11) is 1.94. The molecule has 2 aromatic rings. The van der Waals surface area contributed by atoms with Crippen LogP contribution in [0.15, 0.2) is 30.6 Å². The van der Waals surface area contributed by atoms with Gasteiger partial charge >= 0.3 is 0 Å². The zero-order valence-corrected chi connectivity index (χ0v) is 14.0. The van der Waals surface area contributed by atoms with Gasteiger partial charge in [-0.3, -0.25) is 4.98 Å². The monoisotopic (exact) mass is 314 g/mol. The Bertz CT molecular complexity index is 631. The minimum absolute atomic E-state index is 0.310. The normalized spacial score (nSPS) is 18.2. The quantitative estimate of drug-likeness (QED) is 0.918. The number of pyridine rings is 1. The number of imidazole rings is 1. The first-order valence-electron chi connectivity index (χ1n) is 8.43. The summed E-state index contributed by atoms with van der Waals surface area (Å²) in [6.07, 6.45) is 6.24. The van der Waals surface area contributed by atoms with Gasteiger partial charge in [0.1, 0.15) is 11.9 Å². The average Bonchev–Trinajstić information content (AvgIpc) is 2.99. The molecule has 3 heterocycles. The molecule has 1 N–H and O–H groups in total. The van der Waals surface area contributed by atoms with Crippen LogP contribution in [-0.2, 0) is 13.5 Å². The standard InChI is InChI=1S/C18H26N4O/c1-14-4-3-5-16(20-14)8-12-22-10-6-15(7-11-22)17(23)18-19-9-13-21(18)2/h3-5,9,13,15,17,23H,6-8,10-12H2,1-2H3. The lowest BCUT2D eigenvalue weighted by Crippen LogP contribution is -2.37. The van der Waals surface area contributed by atoms with E-state index in [2.05, 4.69) is 27.0 Å². The number of hydrogen-bond acceptors (Lipinski definition) is 4. The molecule has 1 unspecified atom stereocenters. The van der Waals surface area contributed by atoms with E-state index in [4.69, 9.17) is 0 Å². The summed E-state index contributed by atoms with van der Waals surface area (Å²) in [6.45, 7) is 5.16. The molecule has 1 aliphatic heterocycles. The predicted molar refractivity (Wildman–Crippen MR) is 90.0 cm³/mol. The fourth-order valence-electron chi connectivity index (χ4n) is 3.38. The minimum atomic E-state index is -0.449. The molecular weight excluding hydrogens is 288 g/mol. The van der Waals surface area contributed by atoms with E-state index in [9.17, 15) is 5.11 Å². The van der Waals surface area contributed by atoms with E-state index in [-0.39, 0.29) is 0 Å². The molecule has 1 atom stereocenters. The average molecular weight is 314 g/mol. The summed E-state index contributed by atoms with van der Waals surface area (Å²) >= 11 is 0. The van der Waals surface area contributed by atoms with Crippen molar-refractivity contribution in [1.29, 1.82) is 0 Å². The lowest BCUT2D eigenvalue weighted by Gasteiger charge is -2.33. The van der Waals surface area contributed by atoms with E-state index in [1.54, 1.807) is 6.20 Å². The highest BCUT2D eigenvalue weighted by Gasteiger charge is 2.28. The Hall–Kier alpha value is -1.72. The number of hydrogen-bond donors (Lipinski definition) is 1. The summed E-state index contributed by atoms with van der Waals surface area (Å²) in [5.41, 5.74) is 2.25. The largest absolute Gasteiger partial charge is 0.385 e. The van der Waals surface area contributed by atoms with Crippen LogP contribution in [0.2, 0.25) is 0 Å². The molecule has 23 heavy (non-hydrogen) atoms. The van der Waals surface area contributed by atoms with Gasteiger partial charge in [0, 0.05) is 43.8 Å². The van der Waals surface area contributed by atoms with E-state index in [0.29, 0.717) is 5.92 Å². The molecule has 5 nitrogen and oxygen atoms in total. The van der Waals surface area contributed by atoms with Crippen LogP contribution in [0.4, 0.5) is 0 Å². The van der Waals surface area contributed by atoms with Gasteiger partial charge in [-0.1, -0.05) is 6.07 Å². The molecule has 0 bridgehead atoms. The molecular formula is C18H26N4O. The third-order valence-corrected chi connectivity index (χ3v) is 4.83. The molecule has 1 fully saturated rings. The molecule has 3 rings (SSSR count). The van der Waals surface area contributed by atoms with Crippen molar-refractivity contribution in [3.63, 3.8) is 0 Å². The van der Waals surface area contributed by atoms with Gasteiger partial charge < -0.3 is 14.6 Å². The maximum absolute atomic E-state index is 10.5. The van der Waals surface area contributed by atoms with E-state index >= 15 is 0 Å². The molecule has 2 aromatic heterocycles. The van der Waals surface area contributed by atoms with E-state index in [0.717, 1.165) is 50.4 Å². The summed E-state index contributed by atoms with van der Waals surface area (Å²) in [5.74, 6) is 1.09. The summed E-state index contributed by atoms with van der Waals surface area (Å²) in [6, 6.07) is 6.21. The van der Waals surface area contributed by atoms with Crippen LogP contribution in [0.3, 0.4) is 0 Å². The number of aliphatic hydroxyl groups is 1. The fraction of sp³-hybridized carbons (Fsp3) is 0.556. The van der Waals surface area contributed by atoms with Gasteiger partial charge in [0.15, 0.2) is 0 Å². The van der Waals surface area contributed by atoms with Crippen molar-refractivity contribution in [2.75, 3.05) is 19.6 Å². The maximum Gasteiger partial charge on any atom is 0.137 e. The molecule has 0 saturated carbocycles. The molecule has 0 radical (unpaired) electrons. The number of aryl methyl sites for hydroxylation is 2. The van der Waals surface area contributed by atoms with Gasteiger partial charge in [-0.15, -0.1) is 0 Å². The number of aliphatic hydroxyl groups excluding tert-OH is 1. The zero-order chi connectivity index (χ0) is 16.2. The van der Waals surface area contributed by atoms with Gasteiger partial charge in [0.05, 0.1) is 0 Å². The lowest BCUT2D eigenvalue weighted by molar-refractivity contribution is 0.0514. The van der Waals surface area contributed by atoms with Crippen LogP contribution in [0.25, 0.3) is 0 Å². The smallest absolute Gasteiger partial charge is 0.137 e. The minimum Gasteiger partial charge on any atom is -0.385 e. The van der Waals surface area contributed by atoms with Crippen molar-refractivity contribution >= 4 is 0 Å². The number of rotatable bonds is 5. The van der Waals surface area contributed by atoms with Crippen molar-refractivity contribution in [3.05, 3.63) is 47.8 Å². The van der Waals surface area contributed by atoms with Crippen LogP contribution in [0, 0.1) is 12.8 Å². The molecule has 0 aromatic carbocycles. The first-order valence-corrected chi connectivity index (χ1v) is 8.43. The Kier molecular flexibility index (Phi) is 5.08. The van der Waals surface area contributed by atoms with E-state index in [1.807, 2.05) is 30.8 Å². The van der Waals surface area contributed by atoms with E-state index in [1.165, 1.54) is 5.69 Å². The SMILES string of the molecule is Cc1cccc(CCN2CCC(C(O)c3nccn3C)CC2)n1. The summed E-state index contributed by atoms with van der Waals surface area (Å²) in [5, 5.41) is 10.5.